The van der Waals surface area contributed by atoms with Crippen molar-refractivity contribution in [2.24, 2.45) is 0 Å². The standard InChI is InChI=1S/C25H37ClN2O4/c1-2-3-4-5-6-7-8-9-10-13-18-32-23(29)19-22-24(30)27-16-17-28(22)25(31)20-14-11-12-15-21(20)26/h11-12,14-15,22H,2-10,13,16-19H2,1H3,(H,27,30). The van der Waals surface area contributed by atoms with Crippen LogP contribution in [0.5, 0.6) is 0 Å². The number of unbranched alkanes of at least 4 members (excludes halogenated alkanes) is 9. The topological polar surface area (TPSA) is 75.7 Å². The Morgan fingerprint density at radius 1 is 1.03 bits per heavy atom. The van der Waals surface area contributed by atoms with E-state index in [0.717, 1.165) is 19.3 Å². The van der Waals surface area contributed by atoms with Crippen LogP contribution in [0.15, 0.2) is 24.3 Å². The Bertz CT molecular complexity index is 740. The number of carbonyl (C=O) groups excluding carboxylic acids is 3. The Balaban J connectivity index is 1.69. The van der Waals surface area contributed by atoms with Gasteiger partial charge >= 0.3 is 5.97 Å². The summed E-state index contributed by atoms with van der Waals surface area (Å²) in [5.74, 6) is -1.15. The van der Waals surface area contributed by atoms with Crippen LogP contribution in [0.2, 0.25) is 5.02 Å². The Kier molecular flexibility index (Phi) is 12.2. The number of halogens is 1. The molecule has 2 rings (SSSR count). The van der Waals surface area contributed by atoms with Crippen molar-refractivity contribution >= 4 is 29.4 Å². The van der Waals surface area contributed by atoms with E-state index in [1.165, 1.54) is 49.8 Å². The quantitative estimate of drug-likeness (QED) is 0.305. The van der Waals surface area contributed by atoms with Gasteiger partial charge in [-0.25, -0.2) is 0 Å². The van der Waals surface area contributed by atoms with E-state index < -0.39 is 12.0 Å². The van der Waals surface area contributed by atoms with Gasteiger partial charge in [0.25, 0.3) is 5.91 Å². The normalized spacial score (nSPS) is 16.0. The largest absolute Gasteiger partial charge is 0.466 e. The fourth-order valence-corrected chi connectivity index (χ4v) is 4.16. The number of rotatable bonds is 14. The molecule has 1 unspecified atom stereocenters. The molecule has 1 atom stereocenters. The van der Waals surface area contributed by atoms with E-state index in [4.69, 9.17) is 16.3 Å². The predicted molar refractivity (Wildman–Crippen MR) is 127 cm³/mol. The van der Waals surface area contributed by atoms with E-state index in [2.05, 4.69) is 12.2 Å². The molecule has 7 heteroatoms. The lowest BCUT2D eigenvalue weighted by Crippen LogP contribution is -2.57. The summed E-state index contributed by atoms with van der Waals surface area (Å²) in [4.78, 5) is 39.0. The molecule has 32 heavy (non-hydrogen) atoms. The van der Waals surface area contributed by atoms with Gasteiger partial charge in [0.1, 0.15) is 6.04 Å². The summed E-state index contributed by atoms with van der Waals surface area (Å²) >= 11 is 6.15. The third-order valence-electron chi connectivity index (χ3n) is 5.82. The zero-order valence-electron chi connectivity index (χ0n) is 19.2. The van der Waals surface area contributed by atoms with Gasteiger partial charge in [-0.3, -0.25) is 14.4 Å². The van der Waals surface area contributed by atoms with E-state index in [9.17, 15) is 14.4 Å². The molecule has 1 aromatic rings. The number of esters is 1. The molecule has 0 spiro atoms. The lowest BCUT2D eigenvalue weighted by Gasteiger charge is -2.34. The monoisotopic (exact) mass is 464 g/mol. The van der Waals surface area contributed by atoms with Crippen molar-refractivity contribution in [1.82, 2.24) is 10.2 Å². The van der Waals surface area contributed by atoms with Crippen molar-refractivity contribution in [3.63, 3.8) is 0 Å². The molecule has 1 aliphatic heterocycles. The first-order chi connectivity index (χ1) is 15.5. The van der Waals surface area contributed by atoms with E-state index in [0.29, 0.717) is 30.3 Å². The molecule has 0 aromatic heterocycles. The van der Waals surface area contributed by atoms with Gasteiger partial charge in [0.05, 0.1) is 23.6 Å². The second-order valence-electron chi connectivity index (χ2n) is 8.39. The highest BCUT2D eigenvalue weighted by molar-refractivity contribution is 6.33. The average Bonchev–Trinajstić information content (AvgIpc) is 2.78. The number of carbonyl (C=O) groups is 3. The first-order valence-electron chi connectivity index (χ1n) is 12.0. The first kappa shape index (κ1) is 26.2. The molecule has 1 aromatic carbocycles. The summed E-state index contributed by atoms with van der Waals surface area (Å²) in [7, 11) is 0. The highest BCUT2D eigenvalue weighted by Gasteiger charge is 2.36. The van der Waals surface area contributed by atoms with Gasteiger partial charge in [0.15, 0.2) is 0 Å². The molecule has 1 saturated heterocycles. The smallest absolute Gasteiger partial charge is 0.308 e. The van der Waals surface area contributed by atoms with Crippen LogP contribution in [-0.2, 0) is 14.3 Å². The molecule has 2 amide bonds. The number of nitrogens with one attached hydrogen (secondary N) is 1. The number of ether oxygens (including phenoxy) is 1. The van der Waals surface area contributed by atoms with Crippen molar-refractivity contribution in [3.05, 3.63) is 34.9 Å². The van der Waals surface area contributed by atoms with Crippen LogP contribution in [0, 0.1) is 0 Å². The first-order valence-corrected chi connectivity index (χ1v) is 12.4. The van der Waals surface area contributed by atoms with Crippen LogP contribution in [0.3, 0.4) is 0 Å². The van der Waals surface area contributed by atoms with Crippen molar-refractivity contribution in [2.75, 3.05) is 19.7 Å². The molecule has 0 saturated carbocycles. The molecule has 6 nitrogen and oxygen atoms in total. The zero-order chi connectivity index (χ0) is 23.2. The van der Waals surface area contributed by atoms with Crippen LogP contribution in [0.1, 0.15) is 87.9 Å². The number of benzene rings is 1. The molecule has 0 radical (unpaired) electrons. The van der Waals surface area contributed by atoms with E-state index >= 15 is 0 Å². The lowest BCUT2D eigenvalue weighted by atomic mass is 10.1. The molecular weight excluding hydrogens is 428 g/mol. The summed E-state index contributed by atoms with van der Waals surface area (Å²) in [6.45, 7) is 3.25. The van der Waals surface area contributed by atoms with E-state index in [-0.39, 0.29) is 18.2 Å². The van der Waals surface area contributed by atoms with Crippen LogP contribution >= 0.6 is 11.6 Å². The summed E-state index contributed by atoms with van der Waals surface area (Å²) in [5.41, 5.74) is 0.326. The molecule has 1 N–H and O–H groups in total. The SMILES string of the molecule is CCCCCCCCCCCCOC(=O)CC1C(=O)NCCN1C(=O)c1ccccc1Cl. The molecule has 178 valence electrons. The van der Waals surface area contributed by atoms with Crippen molar-refractivity contribution in [3.8, 4) is 0 Å². The molecular formula is C25H37ClN2O4. The maximum Gasteiger partial charge on any atom is 0.308 e. The number of nitrogens with zero attached hydrogens (tertiary/aromatic N) is 1. The third-order valence-corrected chi connectivity index (χ3v) is 6.15. The van der Waals surface area contributed by atoms with E-state index in [1.807, 2.05) is 0 Å². The number of piperazine rings is 1. The van der Waals surface area contributed by atoms with Crippen LogP contribution in [0.25, 0.3) is 0 Å². The van der Waals surface area contributed by atoms with Crippen molar-refractivity contribution in [1.29, 1.82) is 0 Å². The van der Waals surface area contributed by atoms with Crippen LogP contribution in [-0.4, -0.2) is 48.4 Å². The lowest BCUT2D eigenvalue weighted by molar-refractivity contribution is -0.147. The van der Waals surface area contributed by atoms with Crippen molar-refractivity contribution in [2.45, 2.75) is 83.6 Å². The number of hydrogen-bond acceptors (Lipinski definition) is 4. The van der Waals surface area contributed by atoms with Gasteiger partial charge < -0.3 is 15.0 Å². The Hall–Kier alpha value is -2.08. The van der Waals surface area contributed by atoms with Crippen LogP contribution < -0.4 is 5.32 Å². The maximum atomic E-state index is 12.9. The summed E-state index contributed by atoms with van der Waals surface area (Å²) in [6, 6.07) is 5.84. The highest BCUT2D eigenvalue weighted by Crippen LogP contribution is 2.20. The van der Waals surface area contributed by atoms with E-state index in [1.54, 1.807) is 24.3 Å². The zero-order valence-corrected chi connectivity index (χ0v) is 20.0. The van der Waals surface area contributed by atoms with Gasteiger partial charge in [-0.05, 0) is 18.6 Å². The van der Waals surface area contributed by atoms with Crippen molar-refractivity contribution < 1.29 is 19.1 Å². The average molecular weight is 465 g/mol. The fourth-order valence-electron chi connectivity index (χ4n) is 3.94. The molecule has 1 heterocycles. The minimum atomic E-state index is -0.882. The summed E-state index contributed by atoms with van der Waals surface area (Å²) in [6.07, 6.45) is 11.9. The second kappa shape index (κ2) is 14.9. The molecule has 1 fully saturated rings. The highest BCUT2D eigenvalue weighted by atomic mass is 35.5. The van der Waals surface area contributed by atoms with Gasteiger partial charge in [0, 0.05) is 13.1 Å². The Morgan fingerprint density at radius 3 is 2.31 bits per heavy atom. The maximum absolute atomic E-state index is 12.9. The number of hydrogen-bond donors (Lipinski definition) is 1. The Labute approximate surface area is 197 Å². The Morgan fingerprint density at radius 2 is 1.66 bits per heavy atom. The molecule has 1 aliphatic rings. The van der Waals surface area contributed by atoms with Gasteiger partial charge in [-0.2, -0.15) is 0 Å². The molecule has 0 bridgehead atoms. The molecule has 0 aliphatic carbocycles. The van der Waals surface area contributed by atoms with Gasteiger partial charge in [-0.15, -0.1) is 0 Å². The third kappa shape index (κ3) is 8.81. The van der Waals surface area contributed by atoms with Gasteiger partial charge in [-0.1, -0.05) is 88.4 Å². The van der Waals surface area contributed by atoms with Gasteiger partial charge in [0.2, 0.25) is 5.91 Å². The minimum absolute atomic E-state index is 0.153. The summed E-state index contributed by atoms with van der Waals surface area (Å²) in [5, 5.41) is 3.05. The number of amides is 2. The predicted octanol–water partition coefficient (Wildman–Crippen LogP) is 5.13. The fraction of sp³-hybridized carbons (Fsp3) is 0.640. The minimum Gasteiger partial charge on any atom is -0.466 e. The second-order valence-corrected chi connectivity index (χ2v) is 8.80. The summed E-state index contributed by atoms with van der Waals surface area (Å²) < 4.78 is 5.34. The van der Waals surface area contributed by atoms with Crippen LogP contribution in [0.4, 0.5) is 0 Å².